The van der Waals surface area contributed by atoms with E-state index in [1.165, 1.54) is 0 Å². The summed E-state index contributed by atoms with van der Waals surface area (Å²) in [5.41, 5.74) is 2.34. The van der Waals surface area contributed by atoms with Crippen LogP contribution in [0.3, 0.4) is 0 Å². The SMILES string of the molecule is NNC1C(Cl)CC(C(F)(F)F)CC1Cl. The molecule has 0 bridgehead atoms. The monoisotopic (exact) mass is 250 g/mol. The maximum atomic E-state index is 12.4. The topological polar surface area (TPSA) is 38.0 Å². The quantitative estimate of drug-likeness (QED) is 0.425. The highest BCUT2D eigenvalue weighted by Crippen LogP contribution is 2.40. The van der Waals surface area contributed by atoms with Crippen molar-refractivity contribution in [3.63, 3.8) is 0 Å². The standard InChI is InChI=1S/C7H11Cl2F3N2/c8-4-1-3(7(10,11)12)2-5(9)6(4)14-13/h3-6,14H,1-2,13H2. The third kappa shape index (κ3) is 2.66. The van der Waals surface area contributed by atoms with Crippen LogP contribution in [0, 0.1) is 5.92 Å². The fourth-order valence-electron chi connectivity index (χ4n) is 1.64. The van der Waals surface area contributed by atoms with Crippen LogP contribution in [0.25, 0.3) is 0 Å². The Morgan fingerprint density at radius 3 is 1.86 bits per heavy atom. The normalized spacial score (nSPS) is 39.9. The van der Waals surface area contributed by atoms with Crippen LogP contribution in [0.4, 0.5) is 13.2 Å². The molecular formula is C7H11Cl2F3N2. The average Bonchev–Trinajstić information content (AvgIpc) is 2.01. The molecule has 0 amide bonds. The van der Waals surface area contributed by atoms with E-state index in [-0.39, 0.29) is 12.8 Å². The molecule has 0 aromatic carbocycles. The van der Waals surface area contributed by atoms with Gasteiger partial charge in [-0.05, 0) is 12.8 Å². The summed E-state index contributed by atoms with van der Waals surface area (Å²) in [7, 11) is 0. The lowest BCUT2D eigenvalue weighted by molar-refractivity contribution is -0.182. The van der Waals surface area contributed by atoms with Crippen LogP contribution in [0.5, 0.6) is 0 Å². The molecule has 1 aliphatic rings. The number of hydrogen-bond donors (Lipinski definition) is 2. The zero-order valence-electron chi connectivity index (χ0n) is 7.19. The Morgan fingerprint density at radius 2 is 1.57 bits per heavy atom. The van der Waals surface area contributed by atoms with E-state index in [2.05, 4.69) is 5.43 Å². The first kappa shape index (κ1) is 12.4. The molecule has 2 unspecified atom stereocenters. The summed E-state index contributed by atoms with van der Waals surface area (Å²) in [4.78, 5) is 0. The molecule has 0 heterocycles. The van der Waals surface area contributed by atoms with Gasteiger partial charge in [0.2, 0.25) is 0 Å². The number of halogens is 5. The van der Waals surface area contributed by atoms with Gasteiger partial charge in [0.25, 0.3) is 0 Å². The molecule has 1 saturated carbocycles. The van der Waals surface area contributed by atoms with Gasteiger partial charge in [0, 0.05) is 0 Å². The minimum atomic E-state index is -4.22. The van der Waals surface area contributed by atoms with E-state index in [0.29, 0.717) is 0 Å². The lowest BCUT2D eigenvalue weighted by atomic mass is 9.85. The molecule has 7 heteroatoms. The molecule has 0 aromatic rings. The lowest BCUT2D eigenvalue weighted by Gasteiger charge is -2.36. The largest absolute Gasteiger partial charge is 0.391 e. The molecule has 1 aliphatic carbocycles. The third-order valence-corrected chi connectivity index (χ3v) is 3.35. The molecule has 2 atom stereocenters. The van der Waals surface area contributed by atoms with Crippen molar-refractivity contribution < 1.29 is 13.2 Å². The van der Waals surface area contributed by atoms with Gasteiger partial charge in [0.05, 0.1) is 22.7 Å². The van der Waals surface area contributed by atoms with Crippen molar-refractivity contribution in [2.75, 3.05) is 0 Å². The Labute approximate surface area is 89.9 Å². The van der Waals surface area contributed by atoms with Crippen LogP contribution in [-0.2, 0) is 0 Å². The molecule has 0 aromatic heterocycles. The summed E-state index contributed by atoms with van der Waals surface area (Å²) >= 11 is 11.5. The maximum absolute atomic E-state index is 12.4. The molecule has 2 nitrogen and oxygen atoms in total. The Morgan fingerprint density at radius 1 is 1.14 bits per heavy atom. The summed E-state index contributed by atoms with van der Waals surface area (Å²) in [6, 6.07) is -0.461. The molecule has 0 spiro atoms. The lowest BCUT2D eigenvalue weighted by Crippen LogP contribution is -2.53. The van der Waals surface area contributed by atoms with Crippen LogP contribution >= 0.6 is 23.2 Å². The van der Waals surface area contributed by atoms with Crippen molar-refractivity contribution in [2.45, 2.75) is 35.8 Å². The molecule has 14 heavy (non-hydrogen) atoms. The molecule has 84 valence electrons. The summed E-state index contributed by atoms with van der Waals surface area (Å²) < 4.78 is 37.1. The third-order valence-electron chi connectivity index (χ3n) is 2.45. The van der Waals surface area contributed by atoms with Crippen molar-refractivity contribution in [1.29, 1.82) is 0 Å². The smallest absolute Gasteiger partial charge is 0.271 e. The Hall–Kier alpha value is 0.290. The van der Waals surface area contributed by atoms with Gasteiger partial charge < -0.3 is 0 Å². The zero-order chi connectivity index (χ0) is 10.9. The zero-order valence-corrected chi connectivity index (χ0v) is 8.70. The second-order valence-corrected chi connectivity index (χ2v) is 4.56. The van der Waals surface area contributed by atoms with E-state index in [0.717, 1.165) is 0 Å². The van der Waals surface area contributed by atoms with Crippen LogP contribution in [0.1, 0.15) is 12.8 Å². The van der Waals surface area contributed by atoms with Crippen LogP contribution < -0.4 is 11.3 Å². The van der Waals surface area contributed by atoms with Crippen LogP contribution in [-0.4, -0.2) is 23.0 Å². The van der Waals surface area contributed by atoms with Gasteiger partial charge in [-0.3, -0.25) is 11.3 Å². The van der Waals surface area contributed by atoms with E-state index >= 15 is 0 Å². The predicted octanol–water partition coefficient (Wildman–Crippen LogP) is 2.01. The van der Waals surface area contributed by atoms with Crippen molar-refractivity contribution in [2.24, 2.45) is 11.8 Å². The van der Waals surface area contributed by atoms with E-state index in [9.17, 15) is 13.2 Å². The maximum Gasteiger partial charge on any atom is 0.391 e. The Balaban J connectivity index is 2.65. The van der Waals surface area contributed by atoms with Crippen LogP contribution in [0.15, 0.2) is 0 Å². The van der Waals surface area contributed by atoms with Gasteiger partial charge in [-0.1, -0.05) is 0 Å². The van der Waals surface area contributed by atoms with Gasteiger partial charge in [0.15, 0.2) is 0 Å². The fraction of sp³-hybridized carbons (Fsp3) is 1.00. The van der Waals surface area contributed by atoms with Gasteiger partial charge in [-0.25, -0.2) is 0 Å². The Kier molecular flexibility index (Phi) is 3.91. The summed E-state index contributed by atoms with van der Waals surface area (Å²) in [6.45, 7) is 0. The van der Waals surface area contributed by atoms with Crippen molar-refractivity contribution in [3.05, 3.63) is 0 Å². The molecule has 0 saturated heterocycles. The average molecular weight is 251 g/mol. The molecule has 0 radical (unpaired) electrons. The first-order valence-electron chi connectivity index (χ1n) is 4.17. The van der Waals surface area contributed by atoms with Crippen molar-refractivity contribution in [1.82, 2.24) is 5.43 Å². The summed E-state index contributed by atoms with van der Waals surface area (Å²) in [6.07, 6.45) is -4.49. The fourth-order valence-corrected chi connectivity index (χ4v) is 2.64. The van der Waals surface area contributed by atoms with E-state index in [1.54, 1.807) is 0 Å². The molecule has 0 aliphatic heterocycles. The Bertz CT molecular complexity index is 188. The molecule has 1 rings (SSSR count). The second kappa shape index (κ2) is 4.43. The highest BCUT2D eigenvalue weighted by atomic mass is 35.5. The van der Waals surface area contributed by atoms with E-state index in [4.69, 9.17) is 29.0 Å². The highest BCUT2D eigenvalue weighted by Gasteiger charge is 2.47. The van der Waals surface area contributed by atoms with Crippen molar-refractivity contribution in [3.8, 4) is 0 Å². The summed E-state index contributed by atoms with van der Waals surface area (Å²) in [5, 5.41) is -1.36. The first-order chi connectivity index (χ1) is 6.36. The van der Waals surface area contributed by atoms with Gasteiger partial charge in [-0.15, -0.1) is 23.2 Å². The van der Waals surface area contributed by atoms with E-state index in [1.807, 2.05) is 0 Å². The van der Waals surface area contributed by atoms with E-state index < -0.39 is 28.9 Å². The highest BCUT2D eigenvalue weighted by molar-refractivity contribution is 6.24. The van der Waals surface area contributed by atoms with Crippen molar-refractivity contribution >= 4 is 23.2 Å². The number of hydrazine groups is 1. The number of nitrogens with two attached hydrogens (primary N) is 1. The van der Waals surface area contributed by atoms with Crippen LogP contribution in [0.2, 0.25) is 0 Å². The first-order valence-corrected chi connectivity index (χ1v) is 5.04. The second-order valence-electron chi connectivity index (χ2n) is 3.43. The molecular weight excluding hydrogens is 240 g/mol. The van der Waals surface area contributed by atoms with Gasteiger partial charge in [0.1, 0.15) is 0 Å². The molecule has 3 N–H and O–H groups in total. The minimum Gasteiger partial charge on any atom is -0.271 e. The molecule has 1 fully saturated rings. The minimum absolute atomic E-state index is 0.136. The number of nitrogens with one attached hydrogen (secondary N) is 1. The van der Waals surface area contributed by atoms with Gasteiger partial charge >= 0.3 is 6.18 Å². The number of rotatable bonds is 1. The summed E-state index contributed by atoms with van der Waals surface area (Å²) in [5.74, 6) is 3.72. The number of hydrogen-bond acceptors (Lipinski definition) is 2. The number of alkyl halides is 5. The predicted molar refractivity (Wildman–Crippen MR) is 49.2 cm³/mol. The van der Waals surface area contributed by atoms with Gasteiger partial charge in [-0.2, -0.15) is 13.2 Å².